The summed E-state index contributed by atoms with van der Waals surface area (Å²) in [4.78, 5) is 30.7. The van der Waals surface area contributed by atoms with E-state index in [0.717, 1.165) is 69.9 Å². The summed E-state index contributed by atoms with van der Waals surface area (Å²) >= 11 is 1.75. The molecule has 0 saturated heterocycles. The molecule has 0 unspecified atom stereocenters. The van der Waals surface area contributed by atoms with Crippen LogP contribution in [0.2, 0.25) is 0 Å². The van der Waals surface area contributed by atoms with Crippen molar-refractivity contribution in [3.63, 3.8) is 0 Å². The van der Waals surface area contributed by atoms with Gasteiger partial charge in [0.15, 0.2) is 5.17 Å². The molecule has 12 heteroatoms. The van der Waals surface area contributed by atoms with Gasteiger partial charge >= 0.3 is 0 Å². The number of aliphatic imine (C=N–C) groups is 1. The monoisotopic (exact) mass is 579 g/mol. The van der Waals surface area contributed by atoms with Gasteiger partial charge < -0.3 is 14.5 Å². The SMILES string of the molecule is CS(=O)(=O)O.Cn1cc(C2=C(c3cn(CCCSC4=NCCN4)c4ccccc34)C(=O)NC2=O)c2ccccc21. The minimum absolute atomic E-state index is 0.346. The number of rotatable bonds is 6. The molecule has 4 heterocycles. The lowest BCUT2D eigenvalue weighted by molar-refractivity contribution is -0.122. The maximum absolute atomic E-state index is 13.1. The molecule has 0 radical (unpaired) electrons. The Hall–Kier alpha value is -3.87. The number of nitrogens with zero attached hydrogens (tertiary/aromatic N) is 3. The first kappa shape index (κ1) is 27.7. The number of nitrogens with one attached hydrogen (secondary N) is 2. The molecule has 2 aromatic heterocycles. The van der Waals surface area contributed by atoms with Crippen molar-refractivity contribution in [2.45, 2.75) is 13.0 Å². The fraction of sp³-hybridized carbons (Fsp3) is 0.250. The second-order valence-corrected chi connectivity index (χ2v) is 12.1. The van der Waals surface area contributed by atoms with Crippen molar-refractivity contribution in [3.05, 3.63) is 72.1 Å². The van der Waals surface area contributed by atoms with Gasteiger partial charge in [-0.1, -0.05) is 48.2 Å². The van der Waals surface area contributed by atoms with Crippen molar-refractivity contribution in [1.82, 2.24) is 19.8 Å². The lowest BCUT2D eigenvalue weighted by atomic mass is 9.95. The number of para-hydroxylation sites is 2. The van der Waals surface area contributed by atoms with E-state index in [4.69, 9.17) is 4.55 Å². The molecule has 0 aliphatic carbocycles. The fourth-order valence-corrected chi connectivity index (χ4v) is 5.87. The molecule has 2 aliphatic rings. The van der Waals surface area contributed by atoms with Gasteiger partial charge in [-0.25, -0.2) is 0 Å². The molecule has 10 nitrogen and oxygen atoms in total. The Morgan fingerprint density at radius 3 is 2.15 bits per heavy atom. The van der Waals surface area contributed by atoms with Crippen LogP contribution in [0.15, 0.2) is 65.9 Å². The van der Waals surface area contributed by atoms with Crippen molar-refractivity contribution >= 4 is 71.8 Å². The van der Waals surface area contributed by atoms with Gasteiger partial charge in [0.1, 0.15) is 0 Å². The lowest BCUT2D eigenvalue weighted by Crippen LogP contribution is -2.22. The first-order valence-corrected chi connectivity index (χ1v) is 15.5. The zero-order valence-corrected chi connectivity index (χ0v) is 23.7. The molecule has 2 aromatic carbocycles. The van der Waals surface area contributed by atoms with E-state index < -0.39 is 10.1 Å². The van der Waals surface area contributed by atoms with Crippen molar-refractivity contribution < 1.29 is 22.6 Å². The first-order chi connectivity index (χ1) is 19.1. The number of amides is 2. The van der Waals surface area contributed by atoms with Gasteiger partial charge in [0.25, 0.3) is 21.9 Å². The fourth-order valence-electron chi connectivity index (χ4n) is 5.02. The Morgan fingerprint density at radius 1 is 0.950 bits per heavy atom. The number of carbonyl (C=O) groups excluding carboxylic acids is 2. The van der Waals surface area contributed by atoms with Crippen molar-refractivity contribution in [3.8, 4) is 0 Å². The predicted molar refractivity (Wildman–Crippen MR) is 160 cm³/mol. The van der Waals surface area contributed by atoms with E-state index in [2.05, 4.69) is 26.3 Å². The Kier molecular flexibility index (Phi) is 7.83. The maximum atomic E-state index is 13.1. The summed E-state index contributed by atoms with van der Waals surface area (Å²) in [5.41, 5.74) is 4.53. The van der Waals surface area contributed by atoms with Crippen molar-refractivity contribution in [2.75, 3.05) is 25.1 Å². The third kappa shape index (κ3) is 5.83. The first-order valence-electron chi connectivity index (χ1n) is 12.7. The van der Waals surface area contributed by atoms with Crippen LogP contribution in [0, 0.1) is 0 Å². The molecule has 0 fully saturated rings. The Morgan fingerprint density at radius 2 is 1.52 bits per heavy atom. The molecule has 4 aromatic rings. The number of amidine groups is 1. The summed E-state index contributed by atoms with van der Waals surface area (Å²) in [5, 5.41) is 8.79. The van der Waals surface area contributed by atoms with Crippen LogP contribution >= 0.6 is 11.8 Å². The highest BCUT2D eigenvalue weighted by Gasteiger charge is 2.35. The molecule has 0 atom stereocenters. The third-order valence-electron chi connectivity index (χ3n) is 6.58. The van der Waals surface area contributed by atoms with E-state index in [1.807, 2.05) is 66.5 Å². The molecule has 0 saturated carbocycles. The van der Waals surface area contributed by atoms with E-state index in [-0.39, 0.29) is 11.8 Å². The number of thioether (sulfide) groups is 1. The highest BCUT2D eigenvalue weighted by Crippen LogP contribution is 2.38. The second kappa shape index (κ2) is 11.3. The third-order valence-corrected chi connectivity index (χ3v) is 7.62. The quantitative estimate of drug-likeness (QED) is 0.181. The largest absolute Gasteiger partial charge is 0.363 e. The van der Waals surface area contributed by atoms with Crippen LogP contribution in [0.25, 0.3) is 33.0 Å². The van der Waals surface area contributed by atoms with Gasteiger partial charge in [-0.05, 0) is 18.6 Å². The highest BCUT2D eigenvalue weighted by atomic mass is 32.2. The molecule has 0 spiro atoms. The van der Waals surface area contributed by atoms with E-state index in [0.29, 0.717) is 17.4 Å². The van der Waals surface area contributed by atoms with Gasteiger partial charge in [0, 0.05) is 71.2 Å². The van der Waals surface area contributed by atoms with Crippen molar-refractivity contribution in [1.29, 1.82) is 0 Å². The minimum atomic E-state index is -3.67. The van der Waals surface area contributed by atoms with Gasteiger partial charge in [-0.15, -0.1) is 0 Å². The minimum Gasteiger partial charge on any atom is -0.363 e. The number of hydrogen-bond acceptors (Lipinski definition) is 7. The van der Waals surface area contributed by atoms with Crippen LogP contribution < -0.4 is 10.6 Å². The topological polar surface area (TPSA) is 135 Å². The normalized spacial score (nSPS) is 15.3. The summed E-state index contributed by atoms with van der Waals surface area (Å²) < 4.78 is 30.1. The van der Waals surface area contributed by atoms with E-state index >= 15 is 0 Å². The molecule has 208 valence electrons. The average Bonchev–Trinajstić information content (AvgIpc) is 3.67. The zero-order valence-electron chi connectivity index (χ0n) is 22.0. The zero-order chi connectivity index (χ0) is 28.4. The molecular formula is C28H29N5O5S2. The number of hydrogen-bond donors (Lipinski definition) is 3. The molecular weight excluding hydrogens is 550 g/mol. The second-order valence-electron chi connectivity index (χ2n) is 9.51. The predicted octanol–water partition coefficient (Wildman–Crippen LogP) is 3.29. The number of carbonyl (C=O) groups is 2. The summed E-state index contributed by atoms with van der Waals surface area (Å²) in [6, 6.07) is 16.0. The van der Waals surface area contributed by atoms with Gasteiger partial charge in [-0.2, -0.15) is 8.42 Å². The van der Waals surface area contributed by atoms with Gasteiger partial charge in [0.2, 0.25) is 0 Å². The van der Waals surface area contributed by atoms with Crippen LogP contribution in [0.1, 0.15) is 17.5 Å². The number of aromatic nitrogens is 2. The molecule has 2 aliphatic heterocycles. The van der Waals surface area contributed by atoms with Crippen LogP contribution in [0.5, 0.6) is 0 Å². The van der Waals surface area contributed by atoms with Crippen LogP contribution in [-0.2, 0) is 33.3 Å². The number of fused-ring (bicyclic) bond motifs is 2. The summed E-state index contributed by atoms with van der Waals surface area (Å²) in [5.74, 6) is 0.262. The maximum Gasteiger partial charge on any atom is 0.261 e. The standard InChI is InChI=1S/C27H25N5O2S.CH4O3S/c1-31-15-19(17-7-2-4-9-21(17)31)23-24(26(34)30-25(23)33)20-16-32(22-10-5-3-8-18(20)22)13-6-14-35-27-28-11-12-29-27;1-5(2,3)4/h2-5,7-10,15-16H,6,11-14H2,1H3,(H,28,29)(H,30,33,34);1H3,(H,2,3,4). The smallest absolute Gasteiger partial charge is 0.261 e. The van der Waals surface area contributed by atoms with Crippen LogP contribution in [0.4, 0.5) is 0 Å². The molecule has 6 rings (SSSR count). The number of imide groups is 1. The van der Waals surface area contributed by atoms with E-state index in [9.17, 15) is 18.0 Å². The van der Waals surface area contributed by atoms with E-state index in [1.54, 1.807) is 11.8 Å². The number of aryl methyl sites for hydroxylation is 2. The molecule has 0 bridgehead atoms. The molecule has 3 N–H and O–H groups in total. The highest BCUT2D eigenvalue weighted by molar-refractivity contribution is 8.13. The van der Waals surface area contributed by atoms with Crippen LogP contribution in [-0.4, -0.2) is 64.2 Å². The number of benzene rings is 2. The summed E-state index contributed by atoms with van der Waals surface area (Å²) in [7, 11) is -1.71. The van der Waals surface area contributed by atoms with Crippen LogP contribution in [0.3, 0.4) is 0 Å². The Bertz CT molecular complexity index is 1790. The molecule has 2 amide bonds. The van der Waals surface area contributed by atoms with Gasteiger partial charge in [-0.3, -0.25) is 24.5 Å². The van der Waals surface area contributed by atoms with Crippen molar-refractivity contribution in [2.24, 2.45) is 12.0 Å². The lowest BCUT2D eigenvalue weighted by Gasteiger charge is -2.05. The molecule has 40 heavy (non-hydrogen) atoms. The Balaban J connectivity index is 0.000000595. The summed E-state index contributed by atoms with van der Waals surface area (Å²) in [6.45, 7) is 2.58. The summed E-state index contributed by atoms with van der Waals surface area (Å²) in [6.07, 6.45) is 5.64. The average molecular weight is 580 g/mol. The Labute approximate surface area is 235 Å². The van der Waals surface area contributed by atoms with E-state index in [1.165, 1.54) is 0 Å². The van der Waals surface area contributed by atoms with Gasteiger partial charge in [0.05, 0.1) is 23.9 Å².